The van der Waals surface area contributed by atoms with Gasteiger partial charge in [0.25, 0.3) is 5.91 Å². The van der Waals surface area contributed by atoms with Crippen LogP contribution >= 0.6 is 0 Å². The molecular weight excluding hydrogens is 330 g/mol. The highest BCUT2D eigenvalue weighted by molar-refractivity contribution is 6.12. The van der Waals surface area contributed by atoms with Gasteiger partial charge in [0.05, 0.1) is 11.3 Å². The SMILES string of the molecule is CC1CCN(C(=O)CN2C(=O)[C@@H]3CCCN3C(=O)c3ccccc32)CC1. The van der Waals surface area contributed by atoms with E-state index in [1.807, 2.05) is 17.0 Å². The third-order valence-corrected chi connectivity index (χ3v) is 5.92. The van der Waals surface area contributed by atoms with Crippen molar-refractivity contribution in [2.24, 2.45) is 5.92 Å². The molecule has 0 aromatic heterocycles. The van der Waals surface area contributed by atoms with Crippen LogP contribution in [0.3, 0.4) is 0 Å². The summed E-state index contributed by atoms with van der Waals surface area (Å²) in [5.41, 5.74) is 1.08. The molecule has 1 aromatic rings. The van der Waals surface area contributed by atoms with E-state index in [1.54, 1.807) is 21.9 Å². The number of hydrogen-bond acceptors (Lipinski definition) is 3. The molecule has 3 aliphatic rings. The van der Waals surface area contributed by atoms with Gasteiger partial charge in [-0.3, -0.25) is 14.4 Å². The first-order valence-electron chi connectivity index (χ1n) is 9.55. The smallest absolute Gasteiger partial charge is 0.256 e. The topological polar surface area (TPSA) is 60.9 Å². The second-order valence-electron chi connectivity index (χ2n) is 7.66. The molecule has 0 unspecified atom stereocenters. The maximum Gasteiger partial charge on any atom is 0.256 e. The highest BCUT2D eigenvalue weighted by Gasteiger charge is 2.42. The molecule has 0 saturated carbocycles. The number of fused-ring (bicyclic) bond motifs is 2. The summed E-state index contributed by atoms with van der Waals surface area (Å²) >= 11 is 0. The molecule has 26 heavy (non-hydrogen) atoms. The molecule has 3 heterocycles. The Bertz CT molecular complexity index is 740. The Kier molecular flexibility index (Phi) is 4.42. The summed E-state index contributed by atoms with van der Waals surface area (Å²) in [5.74, 6) is 0.390. The van der Waals surface area contributed by atoms with E-state index in [4.69, 9.17) is 0 Å². The summed E-state index contributed by atoms with van der Waals surface area (Å²) in [6, 6.07) is 6.72. The van der Waals surface area contributed by atoms with E-state index in [2.05, 4.69) is 6.92 Å². The highest BCUT2D eigenvalue weighted by atomic mass is 16.2. The molecule has 6 heteroatoms. The number of likely N-dealkylation sites (tertiary alicyclic amines) is 1. The number of hydrogen-bond donors (Lipinski definition) is 0. The molecule has 4 rings (SSSR count). The van der Waals surface area contributed by atoms with E-state index in [0.717, 1.165) is 32.4 Å². The molecule has 0 spiro atoms. The molecular formula is C20H25N3O3. The zero-order valence-corrected chi connectivity index (χ0v) is 15.2. The zero-order valence-electron chi connectivity index (χ0n) is 15.2. The molecule has 0 N–H and O–H groups in total. The minimum atomic E-state index is -0.441. The molecule has 1 atom stereocenters. The maximum absolute atomic E-state index is 13.2. The summed E-state index contributed by atoms with van der Waals surface area (Å²) in [5, 5.41) is 0. The van der Waals surface area contributed by atoms with Gasteiger partial charge in [0.15, 0.2) is 0 Å². The standard InChI is InChI=1S/C20H25N3O3/c1-14-8-11-21(12-9-14)18(24)13-23-16-6-3-2-5-15(16)19(25)22-10-4-7-17(22)20(23)26/h2-3,5-6,14,17H,4,7-13H2,1H3/t17-/m0/s1. The number of anilines is 1. The lowest BCUT2D eigenvalue weighted by atomic mass is 9.99. The number of rotatable bonds is 2. The van der Waals surface area contributed by atoms with Crippen LogP contribution < -0.4 is 4.90 Å². The number of para-hydroxylation sites is 1. The van der Waals surface area contributed by atoms with Gasteiger partial charge in [-0.15, -0.1) is 0 Å². The van der Waals surface area contributed by atoms with Crippen molar-refractivity contribution in [3.05, 3.63) is 29.8 Å². The van der Waals surface area contributed by atoms with Crippen LogP contribution in [0, 0.1) is 5.92 Å². The van der Waals surface area contributed by atoms with Crippen molar-refractivity contribution < 1.29 is 14.4 Å². The van der Waals surface area contributed by atoms with Gasteiger partial charge in [-0.25, -0.2) is 0 Å². The normalized spacial score (nSPS) is 23.7. The predicted molar refractivity (Wildman–Crippen MR) is 97.8 cm³/mol. The number of benzene rings is 1. The van der Waals surface area contributed by atoms with Crippen molar-refractivity contribution >= 4 is 23.4 Å². The third-order valence-electron chi connectivity index (χ3n) is 5.92. The van der Waals surface area contributed by atoms with E-state index < -0.39 is 6.04 Å². The first-order valence-corrected chi connectivity index (χ1v) is 9.55. The van der Waals surface area contributed by atoms with E-state index in [-0.39, 0.29) is 24.3 Å². The minimum absolute atomic E-state index is 0.0157. The van der Waals surface area contributed by atoms with Crippen LogP contribution in [-0.2, 0) is 9.59 Å². The van der Waals surface area contributed by atoms with Gasteiger partial charge >= 0.3 is 0 Å². The Morgan fingerprint density at radius 2 is 1.81 bits per heavy atom. The van der Waals surface area contributed by atoms with Crippen LogP contribution in [0.2, 0.25) is 0 Å². The Hall–Kier alpha value is -2.37. The monoisotopic (exact) mass is 355 g/mol. The summed E-state index contributed by atoms with van der Waals surface area (Å²) in [6.45, 7) is 4.32. The lowest BCUT2D eigenvalue weighted by Gasteiger charge is -2.33. The molecule has 138 valence electrons. The van der Waals surface area contributed by atoms with Crippen molar-refractivity contribution in [2.75, 3.05) is 31.1 Å². The fraction of sp³-hybridized carbons (Fsp3) is 0.550. The van der Waals surface area contributed by atoms with Gasteiger partial charge in [-0.2, -0.15) is 0 Å². The minimum Gasteiger partial charge on any atom is -0.341 e. The largest absolute Gasteiger partial charge is 0.341 e. The molecule has 0 aliphatic carbocycles. The van der Waals surface area contributed by atoms with Crippen LogP contribution in [0.1, 0.15) is 43.0 Å². The lowest BCUT2D eigenvalue weighted by Crippen LogP contribution is -2.49. The quantitative estimate of drug-likeness (QED) is 0.814. The number of carbonyl (C=O) groups excluding carboxylic acids is 3. The fourth-order valence-corrected chi connectivity index (χ4v) is 4.27. The summed E-state index contributed by atoms with van der Waals surface area (Å²) in [4.78, 5) is 44.0. The second kappa shape index (κ2) is 6.74. The van der Waals surface area contributed by atoms with Crippen molar-refractivity contribution in [3.8, 4) is 0 Å². The second-order valence-corrected chi connectivity index (χ2v) is 7.66. The lowest BCUT2D eigenvalue weighted by molar-refractivity contribution is -0.133. The molecule has 3 aliphatic heterocycles. The van der Waals surface area contributed by atoms with Gasteiger partial charge in [-0.05, 0) is 43.7 Å². The van der Waals surface area contributed by atoms with E-state index >= 15 is 0 Å². The Balaban J connectivity index is 1.63. The molecule has 2 fully saturated rings. The van der Waals surface area contributed by atoms with Crippen LogP contribution in [0.15, 0.2) is 24.3 Å². The highest BCUT2D eigenvalue weighted by Crippen LogP contribution is 2.32. The van der Waals surface area contributed by atoms with Gasteiger partial charge < -0.3 is 14.7 Å². The Morgan fingerprint density at radius 1 is 1.08 bits per heavy atom. The zero-order chi connectivity index (χ0) is 18.3. The average molecular weight is 355 g/mol. The molecule has 0 bridgehead atoms. The van der Waals surface area contributed by atoms with Crippen molar-refractivity contribution in [1.82, 2.24) is 9.80 Å². The van der Waals surface area contributed by atoms with E-state index in [0.29, 0.717) is 30.1 Å². The Morgan fingerprint density at radius 3 is 2.58 bits per heavy atom. The molecule has 1 aromatic carbocycles. The predicted octanol–water partition coefficient (Wildman–Crippen LogP) is 1.90. The molecule has 6 nitrogen and oxygen atoms in total. The van der Waals surface area contributed by atoms with Crippen LogP contribution in [0.25, 0.3) is 0 Å². The van der Waals surface area contributed by atoms with Gasteiger partial charge in [0.1, 0.15) is 12.6 Å². The van der Waals surface area contributed by atoms with Crippen molar-refractivity contribution in [3.63, 3.8) is 0 Å². The number of amides is 3. The maximum atomic E-state index is 13.2. The number of piperidine rings is 1. The summed E-state index contributed by atoms with van der Waals surface area (Å²) < 4.78 is 0. The third kappa shape index (κ3) is 2.87. The van der Waals surface area contributed by atoms with E-state index in [1.165, 1.54) is 0 Å². The Labute approximate surface area is 153 Å². The number of nitrogens with zero attached hydrogens (tertiary/aromatic N) is 3. The van der Waals surface area contributed by atoms with Gasteiger partial charge in [0, 0.05) is 19.6 Å². The molecule has 0 radical (unpaired) electrons. The molecule has 2 saturated heterocycles. The van der Waals surface area contributed by atoms with Crippen LogP contribution in [0.5, 0.6) is 0 Å². The van der Waals surface area contributed by atoms with Gasteiger partial charge in [-0.1, -0.05) is 19.1 Å². The number of carbonyl (C=O) groups is 3. The van der Waals surface area contributed by atoms with E-state index in [9.17, 15) is 14.4 Å². The van der Waals surface area contributed by atoms with Crippen molar-refractivity contribution in [1.29, 1.82) is 0 Å². The van der Waals surface area contributed by atoms with Crippen molar-refractivity contribution in [2.45, 2.75) is 38.6 Å². The first kappa shape index (κ1) is 17.1. The summed E-state index contributed by atoms with van der Waals surface area (Å²) in [7, 11) is 0. The van der Waals surface area contributed by atoms with Crippen LogP contribution in [0.4, 0.5) is 5.69 Å². The first-order chi connectivity index (χ1) is 12.6. The molecule has 3 amide bonds. The van der Waals surface area contributed by atoms with Gasteiger partial charge in [0.2, 0.25) is 11.8 Å². The fourth-order valence-electron chi connectivity index (χ4n) is 4.27. The average Bonchev–Trinajstić information content (AvgIpc) is 3.12. The summed E-state index contributed by atoms with van der Waals surface area (Å²) in [6.07, 6.45) is 3.51. The van der Waals surface area contributed by atoms with Crippen LogP contribution in [-0.4, -0.2) is 59.7 Å².